The van der Waals surface area contributed by atoms with Crippen molar-refractivity contribution in [3.8, 4) is 0 Å². The summed E-state index contributed by atoms with van der Waals surface area (Å²) in [6, 6.07) is -0.267. The lowest BCUT2D eigenvalue weighted by molar-refractivity contribution is -0.136. The largest absolute Gasteiger partial charge is 0.341 e. The first-order chi connectivity index (χ1) is 7.24. The van der Waals surface area contributed by atoms with Gasteiger partial charge >= 0.3 is 6.41 Å². The number of rotatable bonds is 4. The summed E-state index contributed by atoms with van der Waals surface area (Å²) in [6.45, 7) is 6.00. The van der Waals surface area contributed by atoms with Crippen LogP contribution in [0.5, 0.6) is 0 Å². The molecule has 1 heterocycles. The minimum absolute atomic E-state index is 0.0723. The fourth-order valence-electron chi connectivity index (χ4n) is 2.04. The van der Waals surface area contributed by atoms with Crippen LogP contribution in [0.4, 0.5) is 0 Å². The standard InChI is InChI=1S/C11H19N2O2/c1-3-12(4-2)11(15)10-7-5-6-8-13(10)9-14/h10H,3-8H2,1-2H3. The van der Waals surface area contributed by atoms with E-state index < -0.39 is 0 Å². The molecule has 1 radical (unpaired) electrons. The van der Waals surface area contributed by atoms with Crippen molar-refractivity contribution < 1.29 is 9.59 Å². The molecule has 0 aliphatic carbocycles. The summed E-state index contributed by atoms with van der Waals surface area (Å²) >= 11 is 0. The number of likely N-dealkylation sites (N-methyl/N-ethyl adjacent to an activating group) is 1. The summed E-state index contributed by atoms with van der Waals surface area (Å²) in [6.07, 6.45) is 4.66. The van der Waals surface area contributed by atoms with Gasteiger partial charge in [-0.15, -0.1) is 0 Å². The molecule has 0 N–H and O–H groups in total. The van der Waals surface area contributed by atoms with Crippen LogP contribution in [0.2, 0.25) is 0 Å². The molecule has 1 aliphatic heterocycles. The van der Waals surface area contributed by atoms with Crippen LogP contribution in [-0.4, -0.2) is 47.8 Å². The average Bonchev–Trinajstić information content (AvgIpc) is 2.30. The Morgan fingerprint density at radius 2 is 2.07 bits per heavy atom. The highest BCUT2D eigenvalue weighted by Gasteiger charge is 2.30. The van der Waals surface area contributed by atoms with Crippen LogP contribution in [0.3, 0.4) is 0 Å². The lowest BCUT2D eigenvalue weighted by Crippen LogP contribution is -2.50. The molecule has 1 rings (SSSR count). The number of hydrogen-bond acceptors (Lipinski definition) is 2. The third-order valence-electron chi connectivity index (χ3n) is 2.98. The van der Waals surface area contributed by atoms with Gasteiger partial charge < -0.3 is 9.80 Å². The average molecular weight is 211 g/mol. The van der Waals surface area contributed by atoms with E-state index in [1.54, 1.807) is 4.90 Å². The molecule has 1 fully saturated rings. The minimum atomic E-state index is -0.267. The van der Waals surface area contributed by atoms with Gasteiger partial charge in [-0.3, -0.25) is 9.59 Å². The summed E-state index contributed by atoms with van der Waals surface area (Å²) < 4.78 is 0. The van der Waals surface area contributed by atoms with Crippen LogP contribution in [0.25, 0.3) is 0 Å². The normalized spacial score (nSPS) is 21.2. The topological polar surface area (TPSA) is 40.6 Å². The van der Waals surface area contributed by atoms with Crippen molar-refractivity contribution in [1.82, 2.24) is 9.80 Å². The predicted octanol–water partition coefficient (Wildman–Crippen LogP) is 0.776. The molecule has 0 saturated carbocycles. The Morgan fingerprint density at radius 1 is 1.40 bits per heavy atom. The highest BCUT2D eigenvalue weighted by Crippen LogP contribution is 2.17. The molecule has 1 atom stereocenters. The van der Waals surface area contributed by atoms with Gasteiger partial charge in [0.05, 0.1) is 0 Å². The van der Waals surface area contributed by atoms with Gasteiger partial charge in [0.1, 0.15) is 6.04 Å². The molecule has 85 valence electrons. The Bertz CT molecular complexity index is 227. The molecule has 4 heteroatoms. The first kappa shape index (κ1) is 12.0. The second kappa shape index (κ2) is 5.73. The van der Waals surface area contributed by atoms with Crippen LogP contribution in [0.1, 0.15) is 33.1 Å². The zero-order valence-electron chi connectivity index (χ0n) is 9.53. The minimum Gasteiger partial charge on any atom is -0.341 e. The van der Waals surface area contributed by atoms with Gasteiger partial charge in [0.25, 0.3) is 0 Å². The molecule has 4 nitrogen and oxygen atoms in total. The SMILES string of the molecule is CCN(CC)C(=O)C1CCCCN1[C]=O. The number of amides is 2. The van der Waals surface area contributed by atoms with E-state index in [0.717, 1.165) is 19.3 Å². The van der Waals surface area contributed by atoms with Crippen LogP contribution in [-0.2, 0) is 9.59 Å². The Labute approximate surface area is 91.2 Å². The summed E-state index contributed by atoms with van der Waals surface area (Å²) in [5.74, 6) is 0.0723. The molecule has 0 spiro atoms. The Morgan fingerprint density at radius 3 is 2.60 bits per heavy atom. The number of carbonyl (C=O) groups is 1. The zero-order valence-corrected chi connectivity index (χ0v) is 9.53. The van der Waals surface area contributed by atoms with Crippen molar-refractivity contribution in [2.75, 3.05) is 19.6 Å². The number of likely N-dealkylation sites (tertiary alicyclic amines) is 1. The second-order valence-electron chi connectivity index (χ2n) is 3.81. The summed E-state index contributed by atoms with van der Waals surface area (Å²) in [4.78, 5) is 26.0. The molecular weight excluding hydrogens is 192 g/mol. The highest BCUT2D eigenvalue weighted by atomic mass is 16.2. The molecule has 0 aromatic heterocycles. The Balaban J connectivity index is 2.66. The molecule has 2 amide bonds. The van der Waals surface area contributed by atoms with Gasteiger partial charge in [0.2, 0.25) is 5.91 Å². The summed E-state index contributed by atoms with van der Waals surface area (Å²) in [7, 11) is 0. The van der Waals surface area contributed by atoms with E-state index in [9.17, 15) is 9.59 Å². The van der Waals surface area contributed by atoms with Crippen LogP contribution in [0.15, 0.2) is 0 Å². The van der Waals surface area contributed by atoms with Crippen molar-refractivity contribution >= 4 is 12.3 Å². The fraction of sp³-hybridized carbons (Fsp3) is 0.818. The third-order valence-corrected chi connectivity index (χ3v) is 2.98. The van der Waals surface area contributed by atoms with Crippen molar-refractivity contribution in [3.05, 3.63) is 0 Å². The number of hydrogen-bond donors (Lipinski definition) is 0. The van der Waals surface area contributed by atoms with Gasteiger partial charge in [-0.2, -0.15) is 0 Å². The van der Waals surface area contributed by atoms with Crippen molar-refractivity contribution in [2.24, 2.45) is 0 Å². The molecule has 1 unspecified atom stereocenters. The summed E-state index contributed by atoms with van der Waals surface area (Å²) in [5.41, 5.74) is 0. The molecule has 0 aromatic rings. The zero-order chi connectivity index (χ0) is 11.3. The molecule has 1 aliphatic rings. The molecule has 1 saturated heterocycles. The molecule has 0 aromatic carbocycles. The van der Waals surface area contributed by atoms with E-state index in [1.807, 2.05) is 20.3 Å². The van der Waals surface area contributed by atoms with E-state index in [-0.39, 0.29) is 11.9 Å². The molecular formula is C11H19N2O2. The van der Waals surface area contributed by atoms with Crippen molar-refractivity contribution in [1.29, 1.82) is 0 Å². The van der Waals surface area contributed by atoms with Crippen LogP contribution in [0, 0.1) is 0 Å². The van der Waals surface area contributed by atoms with Gasteiger partial charge in [-0.1, -0.05) is 0 Å². The van der Waals surface area contributed by atoms with E-state index in [2.05, 4.69) is 0 Å². The van der Waals surface area contributed by atoms with Gasteiger partial charge in [0, 0.05) is 19.6 Å². The monoisotopic (exact) mass is 211 g/mol. The number of carbonyl (C=O) groups excluding carboxylic acids is 2. The van der Waals surface area contributed by atoms with E-state index in [1.165, 1.54) is 4.90 Å². The fourth-order valence-corrected chi connectivity index (χ4v) is 2.04. The Kier molecular flexibility index (Phi) is 4.59. The number of nitrogens with zero attached hydrogens (tertiary/aromatic N) is 2. The Hall–Kier alpha value is -1.06. The lowest BCUT2D eigenvalue weighted by Gasteiger charge is -2.34. The van der Waals surface area contributed by atoms with E-state index in [0.29, 0.717) is 19.6 Å². The second-order valence-corrected chi connectivity index (χ2v) is 3.81. The highest BCUT2D eigenvalue weighted by molar-refractivity contribution is 5.83. The van der Waals surface area contributed by atoms with E-state index in [4.69, 9.17) is 0 Å². The van der Waals surface area contributed by atoms with Crippen molar-refractivity contribution in [3.63, 3.8) is 0 Å². The van der Waals surface area contributed by atoms with Crippen molar-refractivity contribution in [2.45, 2.75) is 39.2 Å². The molecule has 15 heavy (non-hydrogen) atoms. The van der Waals surface area contributed by atoms with E-state index >= 15 is 0 Å². The van der Waals surface area contributed by atoms with Gasteiger partial charge in [-0.25, -0.2) is 0 Å². The summed E-state index contributed by atoms with van der Waals surface area (Å²) in [5, 5.41) is 0. The van der Waals surface area contributed by atoms with Crippen LogP contribution < -0.4 is 0 Å². The number of piperidine rings is 1. The third kappa shape index (κ3) is 2.70. The molecule has 0 bridgehead atoms. The maximum absolute atomic E-state index is 12.0. The lowest BCUT2D eigenvalue weighted by atomic mass is 10.0. The van der Waals surface area contributed by atoms with Gasteiger partial charge in [-0.05, 0) is 33.1 Å². The first-order valence-electron chi connectivity index (χ1n) is 5.67. The smallest absolute Gasteiger partial charge is 0.312 e. The maximum atomic E-state index is 12.0. The predicted molar refractivity (Wildman–Crippen MR) is 58.0 cm³/mol. The maximum Gasteiger partial charge on any atom is 0.312 e. The quantitative estimate of drug-likeness (QED) is 0.689. The van der Waals surface area contributed by atoms with Crippen LogP contribution >= 0.6 is 0 Å². The first-order valence-corrected chi connectivity index (χ1v) is 5.67. The van der Waals surface area contributed by atoms with Gasteiger partial charge in [0.15, 0.2) is 0 Å².